The van der Waals surface area contributed by atoms with Gasteiger partial charge in [-0.1, -0.05) is 12.1 Å². The Balaban J connectivity index is 2.06. The second kappa shape index (κ2) is 8.44. The largest absolute Gasteiger partial charge is 0.336 e. The average molecular weight is 417 g/mol. The molecule has 0 amide bonds. The molecule has 29 heavy (non-hydrogen) atoms. The second-order valence-corrected chi connectivity index (χ2v) is 9.17. The maximum Gasteiger partial charge on any atom is 0.242 e. The molecule has 0 aliphatic heterocycles. The SMILES string of the molecule is Cc1c(Cc2cccc(S(=O)(=O)N(C)C)c2)c2ncccc2n1C/C(F)=C/CN. The minimum Gasteiger partial charge on any atom is -0.336 e. The fourth-order valence-corrected chi connectivity index (χ4v) is 4.32. The highest BCUT2D eigenvalue weighted by molar-refractivity contribution is 7.89. The zero-order valence-corrected chi connectivity index (χ0v) is 17.6. The van der Waals surface area contributed by atoms with Crippen molar-refractivity contribution >= 4 is 21.1 Å². The minimum absolute atomic E-state index is 0.0836. The van der Waals surface area contributed by atoms with Crippen LogP contribution in [0.2, 0.25) is 0 Å². The first kappa shape index (κ1) is 21.2. The number of nitrogens with zero attached hydrogens (tertiary/aromatic N) is 3. The number of aromatic nitrogens is 2. The number of pyridine rings is 1. The Morgan fingerprint density at radius 1 is 1.28 bits per heavy atom. The highest BCUT2D eigenvalue weighted by Gasteiger charge is 2.19. The van der Waals surface area contributed by atoms with E-state index in [4.69, 9.17) is 5.73 Å². The lowest BCUT2D eigenvalue weighted by Crippen LogP contribution is -2.22. The van der Waals surface area contributed by atoms with Crippen LogP contribution in [0.1, 0.15) is 16.8 Å². The highest BCUT2D eigenvalue weighted by atomic mass is 32.2. The molecular weight excluding hydrogens is 391 g/mol. The molecule has 6 nitrogen and oxygen atoms in total. The van der Waals surface area contributed by atoms with Crippen molar-refractivity contribution in [2.75, 3.05) is 20.6 Å². The number of fused-ring (bicyclic) bond motifs is 1. The Morgan fingerprint density at radius 2 is 2.03 bits per heavy atom. The molecule has 0 saturated carbocycles. The van der Waals surface area contributed by atoms with Gasteiger partial charge < -0.3 is 10.3 Å². The third kappa shape index (κ3) is 4.24. The maximum absolute atomic E-state index is 14.2. The van der Waals surface area contributed by atoms with Gasteiger partial charge in [-0.3, -0.25) is 4.98 Å². The summed E-state index contributed by atoms with van der Waals surface area (Å²) in [6, 6.07) is 10.6. The van der Waals surface area contributed by atoms with Gasteiger partial charge in [-0.25, -0.2) is 17.1 Å². The quantitative estimate of drug-likeness (QED) is 0.642. The summed E-state index contributed by atoms with van der Waals surface area (Å²) in [5.41, 5.74) is 9.72. The standard InChI is InChI=1S/C21H25FN4O2S/c1-15-19(13-16-6-4-7-18(12-16)29(27,28)25(2)3)21-20(8-5-11-24-21)26(15)14-17(22)9-10-23/h4-9,11-12H,10,13-14,23H2,1-3H3/b17-9-. The van der Waals surface area contributed by atoms with Crippen molar-refractivity contribution in [3.8, 4) is 0 Å². The van der Waals surface area contributed by atoms with E-state index >= 15 is 0 Å². The Hall–Kier alpha value is -2.55. The number of hydrogen-bond acceptors (Lipinski definition) is 4. The van der Waals surface area contributed by atoms with E-state index in [2.05, 4.69) is 4.98 Å². The number of hydrogen-bond donors (Lipinski definition) is 1. The molecule has 0 aliphatic rings. The van der Waals surface area contributed by atoms with E-state index in [9.17, 15) is 12.8 Å². The van der Waals surface area contributed by atoms with Crippen LogP contribution in [0.15, 0.2) is 59.4 Å². The molecule has 0 spiro atoms. The summed E-state index contributed by atoms with van der Waals surface area (Å²) < 4.78 is 42.1. The fraction of sp³-hybridized carbons (Fsp3) is 0.286. The molecule has 2 heterocycles. The van der Waals surface area contributed by atoms with Crippen molar-refractivity contribution in [1.82, 2.24) is 13.9 Å². The number of rotatable bonds is 7. The lowest BCUT2D eigenvalue weighted by atomic mass is 10.0. The van der Waals surface area contributed by atoms with Crippen LogP contribution in [0.4, 0.5) is 4.39 Å². The first-order valence-corrected chi connectivity index (χ1v) is 10.7. The molecule has 1 aromatic carbocycles. The number of halogens is 1. The van der Waals surface area contributed by atoms with Crippen LogP contribution in [-0.2, 0) is 23.0 Å². The van der Waals surface area contributed by atoms with Gasteiger partial charge in [0.1, 0.15) is 5.83 Å². The number of sulfonamides is 1. The Labute approximate surface area is 170 Å². The van der Waals surface area contributed by atoms with E-state index in [1.165, 1.54) is 24.5 Å². The van der Waals surface area contributed by atoms with E-state index in [1.54, 1.807) is 24.4 Å². The molecule has 0 aliphatic carbocycles. The summed E-state index contributed by atoms with van der Waals surface area (Å²) in [6.45, 7) is 2.15. The van der Waals surface area contributed by atoms with Gasteiger partial charge in [-0.15, -0.1) is 0 Å². The first-order chi connectivity index (χ1) is 13.8. The molecule has 0 unspecified atom stereocenters. The second-order valence-electron chi connectivity index (χ2n) is 7.02. The molecule has 0 bridgehead atoms. The molecule has 8 heteroatoms. The molecule has 2 aromatic heterocycles. The Kier molecular flexibility index (Phi) is 6.16. The molecule has 0 fully saturated rings. The van der Waals surface area contributed by atoms with Gasteiger partial charge in [-0.2, -0.15) is 0 Å². The summed E-state index contributed by atoms with van der Waals surface area (Å²) in [5, 5.41) is 0. The lowest BCUT2D eigenvalue weighted by Gasteiger charge is -2.12. The topological polar surface area (TPSA) is 81.2 Å². The summed E-state index contributed by atoms with van der Waals surface area (Å²) >= 11 is 0. The third-order valence-corrected chi connectivity index (χ3v) is 6.72. The first-order valence-electron chi connectivity index (χ1n) is 9.24. The summed E-state index contributed by atoms with van der Waals surface area (Å²) in [7, 11) is -0.504. The van der Waals surface area contributed by atoms with Crippen LogP contribution in [0.5, 0.6) is 0 Å². The van der Waals surface area contributed by atoms with Crippen LogP contribution in [0.25, 0.3) is 11.0 Å². The lowest BCUT2D eigenvalue weighted by molar-refractivity contribution is 0.520. The Morgan fingerprint density at radius 3 is 2.72 bits per heavy atom. The molecule has 3 aromatic rings. The van der Waals surface area contributed by atoms with Crippen LogP contribution in [0, 0.1) is 6.92 Å². The van der Waals surface area contributed by atoms with Gasteiger partial charge in [0.25, 0.3) is 0 Å². The van der Waals surface area contributed by atoms with Crippen molar-refractivity contribution in [3.63, 3.8) is 0 Å². The summed E-state index contributed by atoms with van der Waals surface area (Å²) in [5.74, 6) is -0.304. The third-order valence-electron chi connectivity index (χ3n) is 4.91. The van der Waals surface area contributed by atoms with Crippen molar-refractivity contribution in [3.05, 3.63) is 71.3 Å². The maximum atomic E-state index is 14.2. The zero-order valence-electron chi connectivity index (χ0n) is 16.8. The normalized spacial score (nSPS) is 12.8. The smallest absolute Gasteiger partial charge is 0.242 e. The van der Waals surface area contributed by atoms with Crippen LogP contribution in [-0.4, -0.2) is 42.9 Å². The van der Waals surface area contributed by atoms with Gasteiger partial charge in [0.2, 0.25) is 10.0 Å². The van der Waals surface area contributed by atoms with Crippen LogP contribution in [0.3, 0.4) is 0 Å². The van der Waals surface area contributed by atoms with Gasteiger partial charge in [-0.05, 0) is 42.8 Å². The van der Waals surface area contributed by atoms with E-state index in [0.29, 0.717) is 6.42 Å². The number of allylic oxidation sites excluding steroid dienone is 1. The van der Waals surface area contributed by atoms with E-state index in [-0.39, 0.29) is 23.8 Å². The van der Waals surface area contributed by atoms with Crippen LogP contribution < -0.4 is 5.73 Å². The van der Waals surface area contributed by atoms with Crippen molar-refractivity contribution in [2.24, 2.45) is 5.73 Å². The van der Waals surface area contributed by atoms with Gasteiger partial charge in [0, 0.05) is 44.5 Å². The summed E-state index contributed by atoms with van der Waals surface area (Å²) in [4.78, 5) is 4.74. The zero-order chi connectivity index (χ0) is 21.2. The molecule has 0 atom stereocenters. The van der Waals surface area contributed by atoms with Gasteiger partial charge in [0.15, 0.2) is 0 Å². The highest BCUT2D eigenvalue weighted by Crippen LogP contribution is 2.28. The van der Waals surface area contributed by atoms with Crippen LogP contribution >= 0.6 is 0 Å². The van der Waals surface area contributed by atoms with E-state index < -0.39 is 10.0 Å². The monoisotopic (exact) mass is 416 g/mol. The molecule has 0 saturated heterocycles. The number of nitrogens with two attached hydrogens (primary N) is 1. The fourth-order valence-electron chi connectivity index (χ4n) is 3.35. The van der Waals surface area contributed by atoms with E-state index in [1.807, 2.05) is 29.7 Å². The van der Waals surface area contributed by atoms with Crippen molar-refractivity contribution in [2.45, 2.75) is 24.8 Å². The summed E-state index contributed by atoms with van der Waals surface area (Å²) in [6.07, 6.45) is 3.55. The van der Waals surface area contributed by atoms with Crippen molar-refractivity contribution in [1.29, 1.82) is 0 Å². The average Bonchev–Trinajstić information content (AvgIpc) is 2.94. The number of benzene rings is 1. The predicted molar refractivity (Wildman–Crippen MR) is 113 cm³/mol. The molecule has 154 valence electrons. The van der Waals surface area contributed by atoms with Gasteiger partial charge in [0.05, 0.1) is 22.5 Å². The molecular formula is C21H25FN4O2S. The molecule has 0 radical (unpaired) electrons. The van der Waals surface area contributed by atoms with Gasteiger partial charge >= 0.3 is 0 Å². The molecule has 2 N–H and O–H groups in total. The predicted octanol–water partition coefficient (Wildman–Crippen LogP) is 3.00. The van der Waals surface area contributed by atoms with Crippen molar-refractivity contribution < 1.29 is 12.8 Å². The van der Waals surface area contributed by atoms with E-state index in [0.717, 1.165) is 27.9 Å². The molecule has 3 rings (SSSR count). The minimum atomic E-state index is -3.52. The Bertz CT molecular complexity index is 1170.